The van der Waals surface area contributed by atoms with Gasteiger partial charge in [-0.25, -0.2) is 0 Å². The third kappa shape index (κ3) is 4.00. The predicted molar refractivity (Wildman–Crippen MR) is 82.0 cm³/mol. The van der Waals surface area contributed by atoms with Crippen LogP contribution in [0.4, 0.5) is 11.4 Å². The molecule has 3 N–H and O–H groups in total. The molecule has 2 rings (SSSR count). The standard InChI is InChI=1S/C16H21N3/c1-19(2)12-13-7-9-15(10-8-13)18-11-14-5-3-4-6-16(14)17/h3-10,18H,11-12,17H2,1-2H3. The van der Waals surface area contributed by atoms with Gasteiger partial charge < -0.3 is 16.0 Å². The van der Waals surface area contributed by atoms with Crippen LogP contribution in [-0.4, -0.2) is 19.0 Å². The molecule has 0 bridgehead atoms. The van der Waals surface area contributed by atoms with Gasteiger partial charge in [0.2, 0.25) is 0 Å². The number of para-hydroxylation sites is 1. The molecular weight excluding hydrogens is 234 g/mol. The van der Waals surface area contributed by atoms with Gasteiger partial charge in [0.25, 0.3) is 0 Å². The van der Waals surface area contributed by atoms with Crippen LogP contribution in [0.5, 0.6) is 0 Å². The summed E-state index contributed by atoms with van der Waals surface area (Å²) in [6, 6.07) is 16.5. The topological polar surface area (TPSA) is 41.3 Å². The molecular formula is C16H21N3. The largest absolute Gasteiger partial charge is 0.398 e. The van der Waals surface area contributed by atoms with E-state index < -0.39 is 0 Å². The minimum Gasteiger partial charge on any atom is -0.398 e. The number of nitrogen functional groups attached to an aromatic ring is 1. The molecule has 2 aromatic carbocycles. The van der Waals surface area contributed by atoms with Gasteiger partial charge >= 0.3 is 0 Å². The monoisotopic (exact) mass is 255 g/mol. The quantitative estimate of drug-likeness (QED) is 0.807. The molecule has 100 valence electrons. The first kappa shape index (κ1) is 13.4. The Balaban J connectivity index is 1.95. The maximum absolute atomic E-state index is 5.92. The molecule has 0 aliphatic carbocycles. The fourth-order valence-electron chi connectivity index (χ4n) is 1.99. The molecule has 0 atom stereocenters. The van der Waals surface area contributed by atoms with Crippen LogP contribution in [0.3, 0.4) is 0 Å². The lowest BCUT2D eigenvalue weighted by molar-refractivity contribution is 0.402. The highest BCUT2D eigenvalue weighted by molar-refractivity contribution is 5.50. The highest BCUT2D eigenvalue weighted by Crippen LogP contribution is 2.15. The van der Waals surface area contributed by atoms with E-state index in [1.807, 2.05) is 24.3 Å². The minimum atomic E-state index is 0.750. The van der Waals surface area contributed by atoms with Crippen molar-refractivity contribution in [2.45, 2.75) is 13.1 Å². The summed E-state index contributed by atoms with van der Waals surface area (Å²) in [6.45, 7) is 1.71. The Bertz CT molecular complexity index is 518. The Labute approximate surface area is 115 Å². The van der Waals surface area contributed by atoms with Gasteiger partial charge in [-0.3, -0.25) is 0 Å². The highest BCUT2D eigenvalue weighted by atomic mass is 15.0. The van der Waals surface area contributed by atoms with Crippen molar-refractivity contribution in [3.8, 4) is 0 Å². The maximum Gasteiger partial charge on any atom is 0.0421 e. The zero-order chi connectivity index (χ0) is 13.7. The minimum absolute atomic E-state index is 0.750. The van der Waals surface area contributed by atoms with E-state index in [1.165, 1.54) is 5.56 Å². The lowest BCUT2D eigenvalue weighted by Gasteiger charge is -2.11. The first-order valence-corrected chi connectivity index (χ1v) is 6.46. The van der Waals surface area contributed by atoms with Crippen LogP contribution in [0.25, 0.3) is 0 Å². The maximum atomic E-state index is 5.92. The number of hydrogen-bond donors (Lipinski definition) is 2. The molecule has 0 amide bonds. The number of nitrogens with one attached hydrogen (secondary N) is 1. The van der Waals surface area contributed by atoms with E-state index >= 15 is 0 Å². The Morgan fingerprint density at radius 2 is 1.68 bits per heavy atom. The van der Waals surface area contributed by atoms with Gasteiger partial charge in [-0.1, -0.05) is 30.3 Å². The Hall–Kier alpha value is -2.00. The third-order valence-corrected chi connectivity index (χ3v) is 2.99. The second kappa shape index (κ2) is 6.25. The van der Waals surface area contributed by atoms with Crippen LogP contribution < -0.4 is 11.1 Å². The average molecular weight is 255 g/mol. The molecule has 0 aliphatic rings. The van der Waals surface area contributed by atoms with Crippen molar-refractivity contribution in [3.63, 3.8) is 0 Å². The lowest BCUT2D eigenvalue weighted by atomic mass is 10.1. The molecule has 0 saturated carbocycles. The first-order valence-electron chi connectivity index (χ1n) is 6.46. The van der Waals surface area contributed by atoms with Crippen LogP contribution >= 0.6 is 0 Å². The van der Waals surface area contributed by atoms with E-state index in [9.17, 15) is 0 Å². The van der Waals surface area contributed by atoms with E-state index in [-0.39, 0.29) is 0 Å². The van der Waals surface area contributed by atoms with Gasteiger partial charge in [-0.15, -0.1) is 0 Å². The molecule has 0 saturated heterocycles. The number of anilines is 2. The van der Waals surface area contributed by atoms with E-state index in [0.717, 1.165) is 30.0 Å². The molecule has 0 spiro atoms. The van der Waals surface area contributed by atoms with Crippen molar-refractivity contribution in [3.05, 3.63) is 59.7 Å². The summed E-state index contributed by atoms with van der Waals surface area (Å²) in [6.07, 6.45) is 0. The van der Waals surface area contributed by atoms with Gasteiger partial charge in [0.15, 0.2) is 0 Å². The molecule has 0 unspecified atom stereocenters. The molecule has 3 heteroatoms. The van der Waals surface area contributed by atoms with Crippen molar-refractivity contribution < 1.29 is 0 Å². The van der Waals surface area contributed by atoms with Crippen LogP contribution in [-0.2, 0) is 13.1 Å². The summed E-state index contributed by atoms with van der Waals surface area (Å²) in [7, 11) is 4.15. The number of nitrogens with two attached hydrogens (primary N) is 1. The SMILES string of the molecule is CN(C)Cc1ccc(NCc2ccccc2N)cc1. The lowest BCUT2D eigenvalue weighted by Crippen LogP contribution is -2.10. The Morgan fingerprint density at radius 3 is 2.32 bits per heavy atom. The van der Waals surface area contributed by atoms with Gasteiger partial charge in [-0.2, -0.15) is 0 Å². The second-order valence-electron chi connectivity index (χ2n) is 4.99. The molecule has 19 heavy (non-hydrogen) atoms. The van der Waals surface area contributed by atoms with E-state index in [2.05, 4.69) is 48.6 Å². The summed E-state index contributed by atoms with van der Waals surface area (Å²) >= 11 is 0. The average Bonchev–Trinajstić information content (AvgIpc) is 2.39. The Kier molecular flexibility index (Phi) is 4.42. The smallest absolute Gasteiger partial charge is 0.0421 e. The normalized spacial score (nSPS) is 10.7. The zero-order valence-corrected chi connectivity index (χ0v) is 11.6. The van der Waals surface area contributed by atoms with Gasteiger partial charge in [0, 0.05) is 24.5 Å². The fraction of sp³-hybridized carbons (Fsp3) is 0.250. The molecule has 0 fully saturated rings. The summed E-state index contributed by atoms with van der Waals surface area (Å²) < 4.78 is 0. The van der Waals surface area contributed by atoms with Crippen molar-refractivity contribution >= 4 is 11.4 Å². The van der Waals surface area contributed by atoms with Crippen LogP contribution in [0, 0.1) is 0 Å². The molecule has 3 nitrogen and oxygen atoms in total. The van der Waals surface area contributed by atoms with Crippen molar-refractivity contribution in [1.29, 1.82) is 0 Å². The second-order valence-corrected chi connectivity index (χ2v) is 4.99. The van der Waals surface area contributed by atoms with Crippen LogP contribution in [0.15, 0.2) is 48.5 Å². The third-order valence-electron chi connectivity index (χ3n) is 2.99. The zero-order valence-electron chi connectivity index (χ0n) is 11.6. The molecule has 0 aromatic heterocycles. The van der Waals surface area contributed by atoms with Gasteiger partial charge in [0.05, 0.1) is 0 Å². The fourth-order valence-corrected chi connectivity index (χ4v) is 1.99. The van der Waals surface area contributed by atoms with Crippen molar-refractivity contribution in [1.82, 2.24) is 4.90 Å². The van der Waals surface area contributed by atoms with Crippen LogP contribution in [0.2, 0.25) is 0 Å². The van der Waals surface area contributed by atoms with E-state index in [1.54, 1.807) is 0 Å². The molecule has 0 heterocycles. The molecule has 2 aromatic rings. The number of benzene rings is 2. The summed E-state index contributed by atoms with van der Waals surface area (Å²) in [5.41, 5.74) is 10.3. The van der Waals surface area contributed by atoms with Gasteiger partial charge in [0.1, 0.15) is 0 Å². The summed E-state index contributed by atoms with van der Waals surface area (Å²) in [5, 5.41) is 3.39. The van der Waals surface area contributed by atoms with Crippen molar-refractivity contribution in [2.24, 2.45) is 0 Å². The molecule has 0 aliphatic heterocycles. The van der Waals surface area contributed by atoms with E-state index in [0.29, 0.717) is 0 Å². The van der Waals surface area contributed by atoms with Gasteiger partial charge in [-0.05, 0) is 43.4 Å². The number of rotatable bonds is 5. The summed E-state index contributed by atoms with van der Waals surface area (Å²) in [5.74, 6) is 0. The first-order chi connectivity index (χ1) is 9.15. The highest BCUT2D eigenvalue weighted by Gasteiger charge is 1.99. The molecule has 0 radical (unpaired) electrons. The predicted octanol–water partition coefficient (Wildman–Crippen LogP) is 2.94. The van der Waals surface area contributed by atoms with E-state index in [4.69, 9.17) is 5.73 Å². The number of nitrogens with zero attached hydrogens (tertiary/aromatic N) is 1. The van der Waals surface area contributed by atoms with Crippen LogP contribution in [0.1, 0.15) is 11.1 Å². The summed E-state index contributed by atoms with van der Waals surface area (Å²) in [4.78, 5) is 2.16. The Morgan fingerprint density at radius 1 is 1.00 bits per heavy atom. The number of hydrogen-bond acceptors (Lipinski definition) is 3. The van der Waals surface area contributed by atoms with Crippen molar-refractivity contribution in [2.75, 3.05) is 25.1 Å².